The molecule has 9 aromatic carbocycles. The van der Waals surface area contributed by atoms with Crippen molar-refractivity contribution in [3.8, 4) is 16.8 Å². The normalized spacial score (nSPS) is 13.7. The van der Waals surface area contributed by atoms with Crippen LogP contribution >= 0.6 is 11.3 Å². The molecule has 6 heteroatoms. The number of para-hydroxylation sites is 1. The average molecular weight is 1010 g/mol. The summed E-state index contributed by atoms with van der Waals surface area (Å²) in [5.41, 5.74) is 21.5. The van der Waals surface area contributed by atoms with Gasteiger partial charge in [0.1, 0.15) is 11.2 Å². The van der Waals surface area contributed by atoms with E-state index in [1.807, 2.05) is 11.3 Å². The minimum atomic E-state index is -0.168. The van der Waals surface area contributed by atoms with Crippen LogP contribution in [0.5, 0.6) is 0 Å². The van der Waals surface area contributed by atoms with Gasteiger partial charge in [0.25, 0.3) is 0 Å². The van der Waals surface area contributed by atoms with Crippen LogP contribution < -0.4 is 20.6 Å². The van der Waals surface area contributed by atoms with Crippen molar-refractivity contribution in [1.29, 1.82) is 0 Å². The molecular weight excluding hydrogens is 942 g/mol. The Morgan fingerprint density at radius 1 is 0.461 bits per heavy atom. The van der Waals surface area contributed by atoms with Crippen molar-refractivity contribution >= 4 is 121 Å². The fraction of sp³-hybridized carbons (Fsp3) is 0.229. The minimum absolute atomic E-state index is 0.00692. The molecule has 0 bridgehead atoms. The molecule has 0 N–H and O–H groups in total. The van der Waals surface area contributed by atoms with Crippen molar-refractivity contribution in [2.75, 3.05) is 9.71 Å². The zero-order valence-electron chi connectivity index (χ0n) is 45.9. The van der Waals surface area contributed by atoms with E-state index in [1.54, 1.807) is 0 Å². The largest absolute Gasteiger partial charge is 0.455 e. The molecule has 14 rings (SSSR count). The van der Waals surface area contributed by atoms with Crippen molar-refractivity contribution in [2.24, 2.45) is 0 Å². The maximum atomic E-state index is 7.33. The fourth-order valence-corrected chi connectivity index (χ4v) is 13.8. The Morgan fingerprint density at radius 2 is 1.03 bits per heavy atom. The predicted octanol–water partition coefficient (Wildman–Crippen LogP) is 18.9. The van der Waals surface area contributed by atoms with E-state index in [2.05, 4.69) is 267 Å². The number of aromatic nitrogens is 1. The third-order valence-corrected chi connectivity index (χ3v) is 17.9. The minimum Gasteiger partial charge on any atom is -0.455 e. The number of nitrogens with zero attached hydrogens (tertiary/aromatic N) is 3. The summed E-state index contributed by atoms with van der Waals surface area (Å²) in [6, 6.07) is 65.1. The van der Waals surface area contributed by atoms with Crippen LogP contribution in [0.25, 0.3) is 80.7 Å². The van der Waals surface area contributed by atoms with Gasteiger partial charge in [-0.25, -0.2) is 0 Å². The highest BCUT2D eigenvalue weighted by atomic mass is 32.1. The van der Waals surface area contributed by atoms with Gasteiger partial charge in [0.05, 0.1) is 16.4 Å². The molecule has 0 atom stereocenters. The third kappa shape index (κ3) is 6.95. The molecule has 4 nitrogen and oxygen atoms in total. The Bertz CT molecular complexity index is 4310. The lowest BCUT2D eigenvalue weighted by molar-refractivity contribution is 0.590. The number of hydrogen-bond donors (Lipinski definition) is 0. The molecule has 0 aliphatic carbocycles. The maximum absolute atomic E-state index is 7.33. The molecular formula is C70H64BN3OS. The Morgan fingerprint density at radius 3 is 1.66 bits per heavy atom. The zero-order chi connectivity index (χ0) is 52.5. The molecule has 0 saturated heterocycles. The summed E-state index contributed by atoms with van der Waals surface area (Å²) in [5.74, 6) is 0. The van der Waals surface area contributed by atoms with Gasteiger partial charge < -0.3 is 18.7 Å². The van der Waals surface area contributed by atoms with E-state index in [4.69, 9.17) is 4.42 Å². The first-order valence-corrected chi connectivity index (χ1v) is 28.0. The quantitative estimate of drug-likeness (QED) is 0.164. The van der Waals surface area contributed by atoms with Crippen molar-refractivity contribution in [3.05, 3.63) is 192 Å². The number of fused-ring (bicyclic) bond motifs is 16. The second-order valence-electron chi connectivity index (χ2n) is 25.8. The summed E-state index contributed by atoms with van der Waals surface area (Å²) in [6.45, 7) is 27.5. The van der Waals surface area contributed by atoms with Gasteiger partial charge in [-0.2, -0.15) is 0 Å². The topological polar surface area (TPSA) is 24.6 Å². The Kier molecular flexibility index (Phi) is 9.89. The molecule has 0 spiro atoms. The number of anilines is 5. The first kappa shape index (κ1) is 47.0. The van der Waals surface area contributed by atoms with Crippen LogP contribution in [0.2, 0.25) is 0 Å². The summed E-state index contributed by atoms with van der Waals surface area (Å²) >= 11 is 1.89. The van der Waals surface area contributed by atoms with Crippen molar-refractivity contribution in [2.45, 2.75) is 105 Å². The van der Waals surface area contributed by atoms with E-state index in [1.165, 1.54) is 97.8 Å². The molecule has 0 amide bonds. The second kappa shape index (κ2) is 16.0. The van der Waals surface area contributed by atoms with Crippen LogP contribution in [0.4, 0.5) is 28.4 Å². The Balaban J connectivity index is 1.14. The monoisotopic (exact) mass is 1010 g/mol. The first-order chi connectivity index (χ1) is 36.2. The Labute approximate surface area is 451 Å². The first-order valence-electron chi connectivity index (χ1n) is 27.2. The maximum Gasteiger partial charge on any atom is 0.333 e. The molecule has 12 aromatic rings. The second-order valence-corrected chi connectivity index (χ2v) is 26.9. The summed E-state index contributed by atoms with van der Waals surface area (Å²) in [4.78, 5) is 5.14. The third-order valence-electron chi connectivity index (χ3n) is 16.8. The smallest absolute Gasteiger partial charge is 0.333 e. The van der Waals surface area contributed by atoms with Gasteiger partial charge in [-0.1, -0.05) is 168 Å². The van der Waals surface area contributed by atoms with E-state index in [0.717, 1.165) is 44.5 Å². The lowest BCUT2D eigenvalue weighted by Crippen LogP contribution is -2.60. The summed E-state index contributed by atoms with van der Waals surface area (Å²) in [5, 5.41) is 7.26. The lowest BCUT2D eigenvalue weighted by Gasteiger charge is -2.42. The number of thiophene rings is 1. The summed E-state index contributed by atoms with van der Waals surface area (Å²) < 4.78 is 12.5. The highest BCUT2D eigenvalue weighted by Crippen LogP contribution is 2.54. The highest BCUT2D eigenvalue weighted by molar-refractivity contribution is 7.25. The van der Waals surface area contributed by atoms with E-state index >= 15 is 0 Å². The molecule has 0 unspecified atom stereocenters. The van der Waals surface area contributed by atoms with Crippen molar-refractivity contribution < 1.29 is 4.42 Å². The molecule has 374 valence electrons. The van der Waals surface area contributed by atoms with Crippen molar-refractivity contribution in [1.82, 2.24) is 4.57 Å². The molecule has 76 heavy (non-hydrogen) atoms. The van der Waals surface area contributed by atoms with Crippen LogP contribution in [0, 0.1) is 0 Å². The van der Waals surface area contributed by atoms with Gasteiger partial charge in [-0.05, 0) is 145 Å². The van der Waals surface area contributed by atoms with Gasteiger partial charge in [0, 0.05) is 76.0 Å². The molecule has 2 aliphatic heterocycles. The molecule has 2 aliphatic rings. The molecule has 0 saturated carbocycles. The number of benzene rings is 9. The predicted molar refractivity (Wildman–Crippen MR) is 329 cm³/mol. The van der Waals surface area contributed by atoms with Gasteiger partial charge in [-0.15, -0.1) is 11.3 Å². The van der Waals surface area contributed by atoms with Gasteiger partial charge in [0.15, 0.2) is 0 Å². The molecule has 5 heterocycles. The highest BCUT2D eigenvalue weighted by Gasteiger charge is 2.46. The lowest BCUT2D eigenvalue weighted by atomic mass is 9.43. The van der Waals surface area contributed by atoms with E-state index in [0.29, 0.717) is 0 Å². The SMILES string of the molecule is CC(C)(C)c1ccc(N2B3c4cc(C(C)(C)C)ccc4-n4c5cc(N(c6ccc(C(C)(C)C)cc6)c6ccc(C(C)(C)C)cc6)ccc5c5c6oc7ccccc7c6c(c3c54)-c3cc4sc5ccccc5c4cc32)cc1. The van der Waals surface area contributed by atoms with Crippen LogP contribution in [0.15, 0.2) is 174 Å². The zero-order valence-corrected chi connectivity index (χ0v) is 46.7. The van der Waals surface area contributed by atoms with Crippen LogP contribution in [-0.4, -0.2) is 11.4 Å². The van der Waals surface area contributed by atoms with E-state index < -0.39 is 0 Å². The van der Waals surface area contributed by atoms with Crippen LogP contribution in [0.3, 0.4) is 0 Å². The fourth-order valence-electron chi connectivity index (χ4n) is 12.7. The van der Waals surface area contributed by atoms with Crippen LogP contribution in [0.1, 0.15) is 105 Å². The van der Waals surface area contributed by atoms with Gasteiger partial charge in [0.2, 0.25) is 0 Å². The Hall–Kier alpha value is -7.54. The van der Waals surface area contributed by atoms with Crippen LogP contribution in [-0.2, 0) is 21.7 Å². The van der Waals surface area contributed by atoms with E-state index in [9.17, 15) is 0 Å². The molecule has 0 radical (unpaired) electrons. The summed E-state index contributed by atoms with van der Waals surface area (Å²) in [7, 11) is 0. The number of hydrogen-bond acceptors (Lipinski definition) is 4. The standard InChI is InChI=1S/C70H64BN3OS/c1-67(2,3)41-21-28-45(29-22-41)72(46-30-23-42(24-31-46)68(4,5)6)48-34-35-50-56(38-48)73-55-36-27-44(70(10,11)12)37-54(55)71-64-61(62-51-18-13-15-19-58(51)75-66(62)63(50)65(64)73)53-40-60-52(49-17-14-16-20-59(49)76-60)39-57(53)74(71)47-32-25-43(26-33-47)69(7,8)9/h13-40H,1-12H3. The van der Waals surface area contributed by atoms with Crippen molar-refractivity contribution in [3.63, 3.8) is 0 Å². The average Bonchev–Trinajstić information content (AvgIpc) is 4.15. The van der Waals surface area contributed by atoms with Gasteiger partial charge in [-0.3, -0.25) is 0 Å². The number of rotatable bonds is 4. The molecule has 0 fully saturated rings. The molecule has 3 aromatic heterocycles. The summed E-state index contributed by atoms with van der Waals surface area (Å²) in [6.07, 6.45) is 0. The van der Waals surface area contributed by atoms with E-state index in [-0.39, 0.29) is 28.5 Å². The number of furan rings is 1. The van der Waals surface area contributed by atoms with Gasteiger partial charge >= 0.3 is 6.85 Å².